The summed E-state index contributed by atoms with van der Waals surface area (Å²) >= 11 is 3.39. The van der Waals surface area contributed by atoms with Crippen LogP contribution in [0.5, 0.6) is 0 Å². The van der Waals surface area contributed by atoms with E-state index in [9.17, 15) is 4.21 Å². The second-order valence-corrected chi connectivity index (χ2v) is 7.41. The fourth-order valence-electron chi connectivity index (χ4n) is 2.19. The van der Waals surface area contributed by atoms with Gasteiger partial charge in [0.1, 0.15) is 0 Å². The Morgan fingerprint density at radius 2 is 1.80 bits per heavy atom. The van der Waals surface area contributed by atoms with Crippen molar-refractivity contribution in [1.82, 2.24) is 0 Å². The molecule has 2 N–H and O–H groups in total. The molecule has 2 aromatic carbocycles. The Balaban J connectivity index is 2.15. The van der Waals surface area contributed by atoms with E-state index in [0.29, 0.717) is 5.75 Å². The summed E-state index contributed by atoms with van der Waals surface area (Å²) in [5.74, 6) is 0.430. The van der Waals surface area contributed by atoms with Crippen molar-refractivity contribution in [3.63, 3.8) is 0 Å². The minimum Gasteiger partial charge on any atom is -0.323 e. The molecule has 0 heterocycles. The van der Waals surface area contributed by atoms with Gasteiger partial charge < -0.3 is 5.73 Å². The lowest BCUT2D eigenvalue weighted by Gasteiger charge is -2.13. The van der Waals surface area contributed by atoms with E-state index in [1.807, 2.05) is 24.3 Å². The fraction of sp³-hybridized carbons (Fsp3) is 0.250. The molecule has 4 heteroatoms. The van der Waals surface area contributed by atoms with Crippen LogP contribution in [0.2, 0.25) is 0 Å². The van der Waals surface area contributed by atoms with Gasteiger partial charge in [0.05, 0.1) is 10.8 Å². The molecule has 0 saturated carbocycles. The molecule has 0 saturated heterocycles. The summed E-state index contributed by atoms with van der Waals surface area (Å²) in [7, 11) is -1.09. The van der Waals surface area contributed by atoms with E-state index in [-0.39, 0.29) is 6.04 Å². The highest BCUT2D eigenvalue weighted by Gasteiger charge is 2.13. The van der Waals surface area contributed by atoms with Gasteiger partial charge in [-0.3, -0.25) is 4.21 Å². The summed E-state index contributed by atoms with van der Waals surface area (Å²) in [4.78, 5) is 0.805. The van der Waals surface area contributed by atoms with Crippen LogP contribution in [0, 0.1) is 13.8 Å². The molecule has 2 aromatic rings. The molecule has 0 aromatic heterocycles. The number of benzene rings is 2. The van der Waals surface area contributed by atoms with Crippen molar-refractivity contribution in [2.75, 3.05) is 5.75 Å². The van der Waals surface area contributed by atoms with Gasteiger partial charge in [-0.05, 0) is 37.6 Å². The molecule has 2 unspecified atom stereocenters. The van der Waals surface area contributed by atoms with Gasteiger partial charge in [-0.15, -0.1) is 0 Å². The summed E-state index contributed by atoms with van der Waals surface area (Å²) in [5.41, 5.74) is 9.62. The Kier molecular flexibility index (Phi) is 5.13. The minimum absolute atomic E-state index is 0.214. The summed E-state index contributed by atoms with van der Waals surface area (Å²) in [6, 6.07) is 13.6. The molecular formula is C16H18BrNOS. The van der Waals surface area contributed by atoms with Gasteiger partial charge in [-0.25, -0.2) is 0 Å². The van der Waals surface area contributed by atoms with Crippen molar-refractivity contribution in [3.8, 4) is 0 Å². The predicted molar refractivity (Wildman–Crippen MR) is 88.3 cm³/mol. The molecule has 0 aliphatic carbocycles. The van der Waals surface area contributed by atoms with Gasteiger partial charge in [0.25, 0.3) is 0 Å². The second-order valence-electron chi connectivity index (χ2n) is 5.00. The van der Waals surface area contributed by atoms with Gasteiger partial charge in [0, 0.05) is 21.2 Å². The highest BCUT2D eigenvalue weighted by Crippen LogP contribution is 2.20. The molecule has 2 rings (SSSR count). The highest BCUT2D eigenvalue weighted by molar-refractivity contribution is 9.10. The lowest BCUT2D eigenvalue weighted by atomic mass is 10.0. The summed E-state index contributed by atoms with van der Waals surface area (Å²) in [5, 5.41) is 0. The van der Waals surface area contributed by atoms with E-state index in [0.717, 1.165) is 14.9 Å². The van der Waals surface area contributed by atoms with Crippen molar-refractivity contribution < 1.29 is 4.21 Å². The first kappa shape index (κ1) is 15.4. The molecule has 2 atom stereocenters. The van der Waals surface area contributed by atoms with Crippen molar-refractivity contribution in [2.24, 2.45) is 5.73 Å². The van der Waals surface area contributed by atoms with Crippen LogP contribution in [0.3, 0.4) is 0 Å². The number of hydrogen-bond donors (Lipinski definition) is 1. The SMILES string of the molecule is Cc1cc(C)cc(C(N)CS(=O)c2cccc(Br)c2)c1. The van der Waals surface area contributed by atoms with E-state index in [1.165, 1.54) is 11.1 Å². The maximum Gasteiger partial charge on any atom is 0.0549 e. The zero-order valence-corrected chi connectivity index (χ0v) is 14.0. The highest BCUT2D eigenvalue weighted by atomic mass is 79.9. The fourth-order valence-corrected chi connectivity index (χ4v) is 3.94. The molecular weight excluding hydrogens is 334 g/mol. The van der Waals surface area contributed by atoms with Crippen molar-refractivity contribution in [1.29, 1.82) is 0 Å². The average molecular weight is 352 g/mol. The Hall–Kier alpha value is -0.970. The molecule has 0 aliphatic rings. The zero-order valence-electron chi connectivity index (χ0n) is 11.6. The largest absolute Gasteiger partial charge is 0.323 e. The van der Waals surface area contributed by atoms with Crippen LogP contribution in [0.1, 0.15) is 22.7 Å². The first-order valence-electron chi connectivity index (χ1n) is 6.43. The molecule has 0 aliphatic heterocycles. The van der Waals surface area contributed by atoms with Gasteiger partial charge in [0.2, 0.25) is 0 Å². The Morgan fingerprint density at radius 1 is 1.15 bits per heavy atom. The van der Waals surface area contributed by atoms with Crippen LogP contribution in [-0.4, -0.2) is 9.96 Å². The predicted octanol–water partition coefficient (Wildman–Crippen LogP) is 3.87. The average Bonchev–Trinajstić information content (AvgIpc) is 2.37. The molecule has 0 amide bonds. The van der Waals surface area contributed by atoms with Crippen molar-refractivity contribution in [2.45, 2.75) is 24.8 Å². The summed E-state index contributed by atoms with van der Waals surface area (Å²) < 4.78 is 13.3. The lowest BCUT2D eigenvalue weighted by molar-refractivity contribution is 0.675. The zero-order chi connectivity index (χ0) is 14.7. The minimum atomic E-state index is -1.09. The monoisotopic (exact) mass is 351 g/mol. The van der Waals surface area contributed by atoms with Gasteiger partial charge in [-0.2, -0.15) is 0 Å². The summed E-state index contributed by atoms with van der Waals surface area (Å²) in [6.07, 6.45) is 0. The molecule has 20 heavy (non-hydrogen) atoms. The van der Waals surface area contributed by atoms with E-state index in [4.69, 9.17) is 5.73 Å². The molecule has 0 spiro atoms. The van der Waals surface area contributed by atoms with Crippen LogP contribution in [-0.2, 0) is 10.8 Å². The Labute approximate surface area is 131 Å². The second kappa shape index (κ2) is 6.66. The summed E-state index contributed by atoms with van der Waals surface area (Å²) in [6.45, 7) is 4.10. The van der Waals surface area contributed by atoms with Crippen LogP contribution in [0.4, 0.5) is 0 Å². The molecule has 0 bridgehead atoms. The van der Waals surface area contributed by atoms with E-state index in [2.05, 4.69) is 48.0 Å². The lowest BCUT2D eigenvalue weighted by Crippen LogP contribution is -2.18. The van der Waals surface area contributed by atoms with Crippen LogP contribution < -0.4 is 5.73 Å². The quantitative estimate of drug-likeness (QED) is 0.908. The normalized spacial score (nSPS) is 14.0. The molecule has 0 radical (unpaired) electrons. The van der Waals surface area contributed by atoms with Crippen molar-refractivity contribution in [3.05, 3.63) is 63.6 Å². The maximum atomic E-state index is 12.4. The third-order valence-electron chi connectivity index (χ3n) is 3.06. The third-order valence-corrected chi connectivity index (χ3v) is 5.00. The first-order chi connectivity index (χ1) is 9.45. The topological polar surface area (TPSA) is 43.1 Å². The van der Waals surface area contributed by atoms with E-state index < -0.39 is 10.8 Å². The Morgan fingerprint density at radius 3 is 2.40 bits per heavy atom. The maximum absolute atomic E-state index is 12.4. The van der Waals surface area contributed by atoms with Crippen LogP contribution in [0.15, 0.2) is 51.8 Å². The number of nitrogens with two attached hydrogens (primary N) is 1. The molecule has 106 valence electrons. The van der Waals surface area contributed by atoms with E-state index in [1.54, 1.807) is 0 Å². The van der Waals surface area contributed by atoms with Gasteiger partial charge in [-0.1, -0.05) is 51.3 Å². The number of rotatable bonds is 4. The number of aryl methyl sites for hydroxylation is 2. The molecule has 0 fully saturated rings. The third kappa shape index (κ3) is 4.01. The van der Waals surface area contributed by atoms with Crippen LogP contribution >= 0.6 is 15.9 Å². The van der Waals surface area contributed by atoms with Gasteiger partial charge in [0.15, 0.2) is 0 Å². The first-order valence-corrected chi connectivity index (χ1v) is 8.54. The van der Waals surface area contributed by atoms with Crippen LogP contribution in [0.25, 0.3) is 0 Å². The number of halogens is 1. The van der Waals surface area contributed by atoms with E-state index >= 15 is 0 Å². The van der Waals surface area contributed by atoms with Crippen molar-refractivity contribution >= 4 is 26.7 Å². The standard InChI is InChI=1S/C16H18BrNOS/c1-11-6-12(2)8-13(7-11)16(18)10-20(19)15-5-3-4-14(17)9-15/h3-9,16H,10,18H2,1-2H3. The van der Waals surface area contributed by atoms with Gasteiger partial charge >= 0.3 is 0 Å². The smallest absolute Gasteiger partial charge is 0.0549 e. The molecule has 2 nitrogen and oxygen atoms in total. The number of hydrogen-bond acceptors (Lipinski definition) is 2. The Bertz CT molecular complexity index is 622.